The van der Waals surface area contributed by atoms with Gasteiger partial charge in [0.1, 0.15) is 5.75 Å². The molecule has 2 aromatic carbocycles. The third-order valence-corrected chi connectivity index (χ3v) is 5.37. The van der Waals surface area contributed by atoms with Gasteiger partial charge in [0.15, 0.2) is 5.60 Å². The van der Waals surface area contributed by atoms with Gasteiger partial charge in [-0.3, -0.25) is 0 Å². The number of nitrogens with one attached hydrogen (secondary N) is 1. The number of halogens is 1. The van der Waals surface area contributed by atoms with Crippen molar-refractivity contribution in [1.29, 1.82) is 0 Å². The molecular weight excluding hydrogens is 410 g/mol. The highest BCUT2D eigenvalue weighted by Crippen LogP contribution is 2.35. The van der Waals surface area contributed by atoms with Gasteiger partial charge >= 0.3 is 5.97 Å². The fourth-order valence-corrected chi connectivity index (χ4v) is 3.62. The zero-order valence-electron chi connectivity index (χ0n) is 15.5. The predicted molar refractivity (Wildman–Crippen MR) is 108 cm³/mol. The van der Waals surface area contributed by atoms with Crippen LogP contribution in [0.4, 0.5) is 0 Å². The van der Waals surface area contributed by atoms with E-state index in [1.807, 2.05) is 43.3 Å². The number of H-pyrrole nitrogens is 1. The first-order valence-electron chi connectivity index (χ1n) is 8.60. The minimum Gasteiger partial charge on any atom is -0.496 e. The molecule has 142 valence electrons. The number of aliphatic hydroxyl groups is 1. The van der Waals surface area contributed by atoms with Crippen LogP contribution < -0.4 is 4.74 Å². The van der Waals surface area contributed by atoms with E-state index in [9.17, 15) is 15.0 Å². The quantitative estimate of drug-likeness (QED) is 0.545. The lowest BCUT2D eigenvalue weighted by atomic mass is 9.91. The first kappa shape index (κ1) is 19.5. The number of aliphatic carboxylic acids is 1. The molecule has 6 heteroatoms. The molecule has 0 radical (unpaired) electrons. The van der Waals surface area contributed by atoms with Crippen LogP contribution in [0.25, 0.3) is 10.9 Å². The summed E-state index contributed by atoms with van der Waals surface area (Å²) in [5, 5.41) is 20.6. The molecular formula is C21H22BrNO4. The van der Waals surface area contributed by atoms with E-state index < -0.39 is 11.6 Å². The van der Waals surface area contributed by atoms with E-state index in [0.717, 1.165) is 43.5 Å². The smallest absolute Gasteiger partial charge is 0.335 e. The molecule has 0 saturated carbocycles. The zero-order chi connectivity index (χ0) is 19.8. The van der Waals surface area contributed by atoms with Gasteiger partial charge in [0.2, 0.25) is 0 Å². The van der Waals surface area contributed by atoms with E-state index in [4.69, 9.17) is 4.74 Å². The van der Waals surface area contributed by atoms with Crippen LogP contribution in [0.3, 0.4) is 0 Å². The lowest BCUT2D eigenvalue weighted by Gasteiger charge is -2.19. The summed E-state index contributed by atoms with van der Waals surface area (Å²) >= 11 is 3.45. The number of aromatic nitrogens is 1. The number of methoxy groups -OCH3 is 1. The second-order valence-electron chi connectivity index (χ2n) is 6.96. The van der Waals surface area contributed by atoms with Gasteiger partial charge in [0.05, 0.1) is 7.11 Å². The molecule has 0 aliphatic carbocycles. The number of ether oxygens (including phenoxy) is 1. The van der Waals surface area contributed by atoms with Crippen molar-refractivity contribution < 1.29 is 19.7 Å². The van der Waals surface area contributed by atoms with E-state index in [0.29, 0.717) is 6.42 Å². The molecule has 3 rings (SSSR count). The summed E-state index contributed by atoms with van der Waals surface area (Å²) in [6.45, 7) is 3.21. The van der Waals surface area contributed by atoms with E-state index in [2.05, 4.69) is 20.9 Å². The third-order valence-electron chi connectivity index (χ3n) is 4.84. The maximum absolute atomic E-state index is 11.4. The molecule has 3 N–H and O–H groups in total. The van der Waals surface area contributed by atoms with Crippen molar-refractivity contribution in [2.24, 2.45) is 0 Å². The standard InChI is InChI=1S/C21H22BrNO4/c1-12-16(11-21(2,26)20(24)25)19-15(10-13-4-6-14(22)7-5-13)18(27-3)9-8-17(19)23-12/h4-9,23,26H,10-11H2,1-3H3,(H,24,25). The first-order chi connectivity index (χ1) is 12.7. The maximum Gasteiger partial charge on any atom is 0.335 e. The van der Waals surface area contributed by atoms with E-state index in [1.165, 1.54) is 6.92 Å². The second-order valence-corrected chi connectivity index (χ2v) is 7.87. The molecule has 1 heterocycles. The topological polar surface area (TPSA) is 82.5 Å². The molecule has 27 heavy (non-hydrogen) atoms. The summed E-state index contributed by atoms with van der Waals surface area (Å²) < 4.78 is 6.60. The third kappa shape index (κ3) is 3.87. The molecule has 0 saturated heterocycles. The van der Waals surface area contributed by atoms with Crippen LogP contribution in [-0.2, 0) is 17.6 Å². The minimum absolute atomic E-state index is 0.00860. The van der Waals surface area contributed by atoms with Crippen molar-refractivity contribution in [3.63, 3.8) is 0 Å². The Balaban J connectivity index is 2.18. The summed E-state index contributed by atoms with van der Waals surface area (Å²) in [5.41, 5.74) is 2.77. The molecule has 0 aliphatic heterocycles. The highest BCUT2D eigenvalue weighted by molar-refractivity contribution is 9.10. The predicted octanol–water partition coefficient (Wildman–Crippen LogP) is 4.22. The minimum atomic E-state index is -1.85. The van der Waals surface area contributed by atoms with Crippen LogP contribution in [0.1, 0.15) is 29.3 Å². The number of carbonyl (C=O) groups is 1. The van der Waals surface area contributed by atoms with Crippen molar-refractivity contribution in [2.45, 2.75) is 32.3 Å². The molecule has 0 bridgehead atoms. The number of carboxylic acid groups (broad SMARTS) is 1. The van der Waals surface area contributed by atoms with Crippen molar-refractivity contribution in [3.05, 3.63) is 63.3 Å². The van der Waals surface area contributed by atoms with Gasteiger partial charge in [-0.25, -0.2) is 4.79 Å². The van der Waals surface area contributed by atoms with Crippen LogP contribution in [-0.4, -0.2) is 33.9 Å². The molecule has 0 fully saturated rings. The van der Waals surface area contributed by atoms with Gasteiger partial charge in [0, 0.05) is 39.5 Å². The number of aryl methyl sites for hydroxylation is 1. The summed E-state index contributed by atoms with van der Waals surface area (Å²) in [7, 11) is 1.62. The second kappa shape index (κ2) is 7.37. The zero-order valence-corrected chi connectivity index (χ0v) is 17.1. The summed E-state index contributed by atoms with van der Waals surface area (Å²) in [6.07, 6.45) is 0.641. The van der Waals surface area contributed by atoms with Gasteiger partial charge in [-0.1, -0.05) is 28.1 Å². The Morgan fingerprint density at radius 3 is 2.44 bits per heavy atom. The lowest BCUT2D eigenvalue weighted by molar-refractivity contribution is -0.156. The Morgan fingerprint density at radius 2 is 1.85 bits per heavy atom. The van der Waals surface area contributed by atoms with Gasteiger partial charge in [-0.15, -0.1) is 0 Å². The average Bonchev–Trinajstić information content (AvgIpc) is 2.92. The van der Waals surface area contributed by atoms with Crippen LogP contribution in [0.5, 0.6) is 5.75 Å². The molecule has 1 atom stereocenters. The Labute approximate surface area is 166 Å². The van der Waals surface area contributed by atoms with E-state index in [-0.39, 0.29) is 6.42 Å². The molecule has 3 aromatic rings. The van der Waals surface area contributed by atoms with Gasteiger partial charge in [-0.05, 0) is 49.2 Å². The number of hydrogen-bond donors (Lipinski definition) is 3. The first-order valence-corrected chi connectivity index (χ1v) is 9.39. The molecule has 0 amide bonds. The monoisotopic (exact) mass is 431 g/mol. The van der Waals surface area contributed by atoms with E-state index >= 15 is 0 Å². The van der Waals surface area contributed by atoms with Crippen LogP contribution in [0, 0.1) is 6.92 Å². The number of hydrogen-bond acceptors (Lipinski definition) is 3. The number of aromatic amines is 1. The SMILES string of the molecule is COc1ccc2[nH]c(C)c(CC(C)(O)C(=O)O)c2c1Cc1ccc(Br)cc1. The molecule has 1 aromatic heterocycles. The van der Waals surface area contributed by atoms with Crippen LogP contribution in [0.2, 0.25) is 0 Å². The normalized spacial score (nSPS) is 13.5. The number of carboxylic acids is 1. The number of fused-ring (bicyclic) bond motifs is 1. The summed E-state index contributed by atoms with van der Waals surface area (Å²) in [4.78, 5) is 14.7. The molecule has 0 spiro atoms. The maximum atomic E-state index is 11.4. The van der Waals surface area contributed by atoms with Crippen molar-refractivity contribution in [1.82, 2.24) is 4.98 Å². The Bertz CT molecular complexity index is 990. The van der Waals surface area contributed by atoms with Crippen molar-refractivity contribution in [3.8, 4) is 5.75 Å². The largest absolute Gasteiger partial charge is 0.496 e. The average molecular weight is 432 g/mol. The van der Waals surface area contributed by atoms with E-state index in [1.54, 1.807) is 7.11 Å². The number of rotatable bonds is 6. The van der Waals surface area contributed by atoms with Gasteiger partial charge in [-0.2, -0.15) is 0 Å². The molecule has 1 unspecified atom stereocenters. The number of benzene rings is 2. The fourth-order valence-electron chi connectivity index (χ4n) is 3.36. The highest BCUT2D eigenvalue weighted by Gasteiger charge is 2.32. The summed E-state index contributed by atoms with van der Waals surface area (Å²) in [5.74, 6) is -0.505. The molecule has 5 nitrogen and oxygen atoms in total. The van der Waals surface area contributed by atoms with Crippen LogP contribution in [0.15, 0.2) is 40.9 Å². The van der Waals surface area contributed by atoms with Crippen molar-refractivity contribution >= 4 is 32.8 Å². The highest BCUT2D eigenvalue weighted by atomic mass is 79.9. The Kier molecular flexibility index (Phi) is 5.31. The Hall–Kier alpha value is -2.31. The fraction of sp³-hybridized carbons (Fsp3) is 0.286. The van der Waals surface area contributed by atoms with Gasteiger partial charge in [0.25, 0.3) is 0 Å². The van der Waals surface area contributed by atoms with Crippen LogP contribution >= 0.6 is 15.9 Å². The molecule has 0 aliphatic rings. The summed E-state index contributed by atoms with van der Waals surface area (Å²) in [6, 6.07) is 11.9. The van der Waals surface area contributed by atoms with Gasteiger partial charge < -0.3 is 19.9 Å². The van der Waals surface area contributed by atoms with Crippen molar-refractivity contribution in [2.75, 3.05) is 7.11 Å². The lowest BCUT2D eigenvalue weighted by Crippen LogP contribution is -2.37. The Morgan fingerprint density at radius 1 is 1.19 bits per heavy atom.